The highest BCUT2D eigenvalue weighted by Gasteiger charge is 2.50. The Hall–Kier alpha value is -0.0500. The summed E-state index contributed by atoms with van der Waals surface area (Å²) in [7, 11) is 0. The van der Waals surface area contributed by atoms with Crippen LogP contribution in [-0.4, -0.2) is 111 Å². The molecule has 2 heterocycles. The molecular weight excluding hydrogens is 384 g/mol. The molecule has 0 bridgehead atoms. The van der Waals surface area contributed by atoms with Gasteiger partial charge in [0.25, 0.3) is 0 Å². The molecule has 0 amide bonds. The highest BCUT2D eigenvalue weighted by atomic mass is 32.1. The van der Waals surface area contributed by atoms with Crippen molar-refractivity contribution in [2.45, 2.75) is 81.2 Å². The Kier molecular flexibility index (Phi) is 9.16. The molecule has 27 heavy (non-hydrogen) atoms. The number of aliphatic hydroxyl groups is 6. The Bertz CT molecular complexity index is 439. The van der Waals surface area contributed by atoms with E-state index in [1.165, 1.54) is 0 Å². The molecule has 2 aliphatic heterocycles. The van der Waals surface area contributed by atoms with E-state index in [1.807, 2.05) is 6.92 Å². The van der Waals surface area contributed by atoms with Crippen molar-refractivity contribution in [3.8, 4) is 0 Å². The second kappa shape index (κ2) is 10.6. The summed E-state index contributed by atoms with van der Waals surface area (Å²) >= 11 is 4.02. The van der Waals surface area contributed by atoms with Gasteiger partial charge in [-0.15, -0.1) is 0 Å². The van der Waals surface area contributed by atoms with Crippen LogP contribution in [0, 0.1) is 0 Å². The zero-order valence-electron chi connectivity index (χ0n) is 15.1. The number of unbranched alkanes of at least 4 members (excludes halogenated alkanes) is 1. The summed E-state index contributed by atoms with van der Waals surface area (Å²) in [4.78, 5) is 0. The Labute approximate surface area is 163 Å². The highest BCUT2D eigenvalue weighted by Crippen LogP contribution is 2.29. The van der Waals surface area contributed by atoms with Gasteiger partial charge < -0.3 is 49.6 Å². The maximum atomic E-state index is 10.4. The highest BCUT2D eigenvalue weighted by molar-refractivity contribution is 7.80. The molecular formula is C16H30O10S. The van der Waals surface area contributed by atoms with Gasteiger partial charge in [-0.05, 0) is 6.42 Å². The van der Waals surface area contributed by atoms with Crippen LogP contribution >= 0.6 is 12.6 Å². The fourth-order valence-corrected chi connectivity index (χ4v) is 3.34. The third-order valence-corrected chi connectivity index (χ3v) is 5.10. The number of hydrogen-bond acceptors (Lipinski definition) is 11. The molecule has 10 atom stereocenters. The molecule has 0 saturated carbocycles. The fourth-order valence-electron chi connectivity index (χ4n) is 3.04. The lowest BCUT2D eigenvalue weighted by Crippen LogP contribution is -2.64. The standard InChI is InChI=1S/C16H30O10S/c1-2-3-4-23-15-13(22)11(20)14(7(5-17)24-15)26-16-12(21)10(19)9(18)8(6-27)25-16/h7-22,27H,2-6H2,1H3/t7?,8?,9-,10-,11+,12?,13?,14+,15+,16-/m0/s1. The molecule has 10 nitrogen and oxygen atoms in total. The van der Waals surface area contributed by atoms with E-state index >= 15 is 0 Å². The molecule has 2 rings (SSSR count). The van der Waals surface area contributed by atoms with Crippen molar-refractivity contribution in [1.82, 2.24) is 0 Å². The maximum Gasteiger partial charge on any atom is 0.187 e. The summed E-state index contributed by atoms with van der Waals surface area (Å²) in [6.07, 6.45) is -11.7. The van der Waals surface area contributed by atoms with Gasteiger partial charge in [0.05, 0.1) is 12.7 Å². The van der Waals surface area contributed by atoms with Crippen LogP contribution in [0.1, 0.15) is 19.8 Å². The van der Waals surface area contributed by atoms with Crippen LogP contribution in [0.4, 0.5) is 0 Å². The molecule has 0 radical (unpaired) electrons. The van der Waals surface area contributed by atoms with Gasteiger partial charge in [-0.3, -0.25) is 0 Å². The van der Waals surface area contributed by atoms with E-state index in [2.05, 4.69) is 12.6 Å². The predicted octanol–water partition coefficient (Wildman–Crippen LogP) is -2.64. The van der Waals surface area contributed by atoms with E-state index < -0.39 is 68.0 Å². The minimum absolute atomic E-state index is 0.0495. The van der Waals surface area contributed by atoms with Gasteiger partial charge in [0.2, 0.25) is 0 Å². The number of hydrogen-bond donors (Lipinski definition) is 7. The largest absolute Gasteiger partial charge is 0.394 e. The monoisotopic (exact) mass is 414 g/mol. The van der Waals surface area contributed by atoms with Crippen LogP contribution in [0.15, 0.2) is 0 Å². The summed E-state index contributed by atoms with van der Waals surface area (Å²) in [5.74, 6) is 0.0495. The molecule has 2 saturated heterocycles. The molecule has 6 N–H and O–H groups in total. The number of rotatable bonds is 8. The van der Waals surface area contributed by atoms with Crippen LogP contribution < -0.4 is 0 Å². The van der Waals surface area contributed by atoms with Crippen LogP contribution in [0.2, 0.25) is 0 Å². The number of thiol groups is 1. The van der Waals surface area contributed by atoms with Gasteiger partial charge in [-0.25, -0.2) is 0 Å². The first kappa shape index (κ1) is 23.2. The summed E-state index contributed by atoms with van der Waals surface area (Å²) in [5.41, 5.74) is 0. The Morgan fingerprint density at radius 1 is 0.852 bits per heavy atom. The zero-order chi connectivity index (χ0) is 20.1. The van der Waals surface area contributed by atoms with Crippen molar-refractivity contribution in [1.29, 1.82) is 0 Å². The van der Waals surface area contributed by atoms with E-state index in [0.29, 0.717) is 6.61 Å². The predicted molar refractivity (Wildman–Crippen MR) is 94.0 cm³/mol. The maximum absolute atomic E-state index is 10.4. The van der Waals surface area contributed by atoms with Crippen molar-refractivity contribution in [2.24, 2.45) is 0 Å². The number of aliphatic hydroxyl groups excluding tert-OH is 6. The smallest absolute Gasteiger partial charge is 0.187 e. The average molecular weight is 414 g/mol. The minimum atomic E-state index is -1.61. The molecule has 11 heteroatoms. The topological polar surface area (TPSA) is 158 Å². The normalized spacial score (nSPS) is 45.8. The van der Waals surface area contributed by atoms with Crippen LogP contribution in [0.5, 0.6) is 0 Å². The second-order valence-corrected chi connectivity index (χ2v) is 7.09. The van der Waals surface area contributed by atoms with Gasteiger partial charge in [0.15, 0.2) is 12.6 Å². The molecule has 0 spiro atoms. The molecule has 0 aromatic rings. The van der Waals surface area contributed by atoms with Gasteiger partial charge in [-0.2, -0.15) is 12.6 Å². The molecule has 2 aliphatic rings. The lowest BCUT2D eigenvalue weighted by Gasteiger charge is -2.46. The summed E-state index contributed by atoms with van der Waals surface area (Å²) in [5, 5.41) is 60.1. The molecule has 2 fully saturated rings. The molecule has 4 unspecified atom stereocenters. The lowest BCUT2D eigenvalue weighted by molar-refractivity contribution is -0.356. The van der Waals surface area contributed by atoms with Gasteiger partial charge in [0.1, 0.15) is 42.7 Å². The first-order valence-corrected chi connectivity index (χ1v) is 9.68. The molecule has 160 valence electrons. The Balaban J connectivity index is 2.06. The van der Waals surface area contributed by atoms with Crippen molar-refractivity contribution < 1.29 is 49.6 Å². The summed E-state index contributed by atoms with van der Waals surface area (Å²) < 4.78 is 21.8. The van der Waals surface area contributed by atoms with Crippen molar-refractivity contribution in [3.05, 3.63) is 0 Å². The van der Waals surface area contributed by atoms with Crippen molar-refractivity contribution in [3.63, 3.8) is 0 Å². The van der Waals surface area contributed by atoms with Crippen molar-refractivity contribution in [2.75, 3.05) is 19.0 Å². The van der Waals surface area contributed by atoms with E-state index in [-0.39, 0.29) is 5.75 Å². The third kappa shape index (κ3) is 5.31. The van der Waals surface area contributed by atoms with Crippen LogP contribution in [0.25, 0.3) is 0 Å². The van der Waals surface area contributed by atoms with Crippen LogP contribution in [-0.2, 0) is 18.9 Å². The Morgan fingerprint density at radius 2 is 1.48 bits per heavy atom. The first-order chi connectivity index (χ1) is 12.8. The van der Waals surface area contributed by atoms with E-state index in [4.69, 9.17) is 18.9 Å². The Morgan fingerprint density at radius 3 is 2.07 bits per heavy atom. The summed E-state index contributed by atoms with van der Waals surface area (Å²) in [6, 6.07) is 0. The molecule has 0 aliphatic carbocycles. The van der Waals surface area contributed by atoms with Gasteiger partial charge >= 0.3 is 0 Å². The second-order valence-electron chi connectivity index (χ2n) is 6.73. The van der Waals surface area contributed by atoms with E-state index in [0.717, 1.165) is 12.8 Å². The minimum Gasteiger partial charge on any atom is -0.394 e. The molecule has 0 aromatic carbocycles. The summed E-state index contributed by atoms with van der Waals surface area (Å²) in [6.45, 7) is 1.73. The zero-order valence-corrected chi connectivity index (χ0v) is 16.0. The fraction of sp³-hybridized carbons (Fsp3) is 1.00. The third-order valence-electron chi connectivity index (χ3n) is 4.74. The molecule has 0 aromatic heterocycles. The van der Waals surface area contributed by atoms with E-state index in [1.54, 1.807) is 0 Å². The number of ether oxygens (including phenoxy) is 4. The SMILES string of the molecule is CCCCO[C@@H]1OC(CO)[C@@H](O[C@@H]2OC(CS)[C@H](O)[C@H](O)C2O)[C@H](O)C1O. The average Bonchev–Trinajstić information content (AvgIpc) is 2.67. The van der Waals surface area contributed by atoms with Crippen LogP contribution in [0.3, 0.4) is 0 Å². The van der Waals surface area contributed by atoms with E-state index in [9.17, 15) is 30.6 Å². The first-order valence-electron chi connectivity index (χ1n) is 9.05. The van der Waals surface area contributed by atoms with Crippen molar-refractivity contribution >= 4 is 12.6 Å². The quantitative estimate of drug-likeness (QED) is 0.165. The van der Waals surface area contributed by atoms with Gasteiger partial charge in [-0.1, -0.05) is 13.3 Å². The van der Waals surface area contributed by atoms with Gasteiger partial charge in [0, 0.05) is 12.4 Å². The lowest BCUT2D eigenvalue weighted by atomic mass is 9.97.